The predicted molar refractivity (Wildman–Crippen MR) is 91.1 cm³/mol. The van der Waals surface area contributed by atoms with Gasteiger partial charge in [0, 0.05) is 5.25 Å². The fourth-order valence-electron chi connectivity index (χ4n) is 2.33. The number of ether oxygens (including phenoxy) is 1. The van der Waals surface area contributed by atoms with Crippen molar-refractivity contribution in [3.63, 3.8) is 0 Å². The van der Waals surface area contributed by atoms with Crippen LogP contribution in [0.3, 0.4) is 0 Å². The van der Waals surface area contributed by atoms with Crippen LogP contribution in [0.15, 0.2) is 47.6 Å². The summed E-state index contributed by atoms with van der Waals surface area (Å²) in [5, 5.41) is 12.7. The second-order valence-corrected chi connectivity index (χ2v) is 6.67. The van der Waals surface area contributed by atoms with Crippen molar-refractivity contribution in [2.45, 2.75) is 24.3 Å². The topological polar surface area (TPSA) is 52.8 Å². The van der Waals surface area contributed by atoms with Crippen LogP contribution in [0.2, 0.25) is 0 Å². The highest BCUT2D eigenvalue weighted by molar-refractivity contribution is 7.99. The Kier molecular flexibility index (Phi) is 4.80. The molecule has 0 saturated heterocycles. The molecule has 0 aliphatic heterocycles. The number of hydrogen-bond acceptors (Lipinski definition) is 5. The van der Waals surface area contributed by atoms with Crippen LogP contribution in [0.25, 0.3) is 5.69 Å². The van der Waals surface area contributed by atoms with Gasteiger partial charge in [-0.15, -0.1) is 5.10 Å². The van der Waals surface area contributed by atoms with E-state index < -0.39 is 0 Å². The van der Waals surface area contributed by atoms with Gasteiger partial charge in [-0.05, 0) is 59.7 Å². The molecule has 2 aromatic carbocycles. The molecule has 3 aromatic rings. The number of nitrogens with zero attached hydrogens (tertiary/aromatic N) is 4. The molecule has 0 amide bonds. The van der Waals surface area contributed by atoms with Gasteiger partial charge in [0.15, 0.2) is 0 Å². The maximum Gasteiger partial charge on any atom is 0.214 e. The van der Waals surface area contributed by atoms with Gasteiger partial charge in [0.1, 0.15) is 17.3 Å². The highest BCUT2D eigenvalue weighted by atomic mass is 32.2. The average molecular weight is 344 g/mol. The molecule has 0 spiro atoms. The quantitative estimate of drug-likeness (QED) is 0.656. The Morgan fingerprint density at radius 2 is 1.92 bits per heavy atom. The monoisotopic (exact) mass is 344 g/mol. The number of rotatable bonds is 5. The number of aryl methyl sites for hydroxylation is 1. The Labute approximate surface area is 143 Å². The van der Waals surface area contributed by atoms with Crippen LogP contribution in [-0.2, 0) is 0 Å². The fraction of sp³-hybridized carbons (Fsp3) is 0.235. The first-order chi connectivity index (χ1) is 11.6. The van der Waals surface area contributed by atoms with E-state index in [0.717, 1.165) is 16.8 Å². The number of methoxy groups -OCH3 is 1. The van der Waals surface area contributed by atoms with Crippen molar-refractivity contribution in [2.75, 3.05) is 7.11 Å². The van der Waals surface area contributed by atoms with Gasteiger partial charge in [0.2, 0.25) is 5.16 Å². The summed E-state index contributed by atoms with van der Waals surface area (Å²) >= 11 is 1.50. The van der Waals surface area contributed by atoms with Crippen molar-refractivity contribution in [3.05, 3.63) is 59.4 Å². The summed E-state index contributed by atoms with van der Waals surface area (Å²) < 4.78 is 20.2. The first-order valence-corrected chi connectivity index (χ1v) is 8.32. The number of halogens is 1. The molecule has 1 aromatic heterocycles. The Bertz CT molecular complexity index is 835. The van der Waals surface area contributed by atoms with E-state index >= 15 is 0 Å². The van der Waals surface area contributed by atoms with Crippen LogP contribution in [0.4, 0.5) is 4.39 Å². The van der Waals surface area contributed by atoms with Crippen LogP contribution in [-0.4, -0.2) is 27.3 Å². The zero-order valence-corrected chi connectivity index (χ0v) is 14.4. The van der Waals surface area contributed by atoms with Crippen LogP contribution in [0.1, 0.15) is 23.3 Å². The lowest BCUT2D eigenvalue weighted by molar-refractivity contribution is 0.410. The van der Waals surface area contributed by atoms with Crippen molar-refractivity contribution in [3.8, 4) is 11.4 Å². The second-order valence-electron chi connectivity index (χ2n) is 5.36. The second kappa shape index (κ2) is 7.00. The van der Waals surface area contributed by atoms with Gasteiger partial charge in [-0.3, -0.25) is 0 Å². The molecule has 3 rings (SSSR count). The minimum Gasteiger partial charge on any atom is -0.494 e. The molecule has 0 aliphatic carbocycles. The molecule has 1 unspecified atom stereocenters. The van der Waals surface area contributed by atoms with Gasteiger partial charge in [-0.1, -0.05) is 30.0 Å². The third kappa shape index (κ3) is 3.41. The lowest BCUT2D eigenvalue weighted by Gasteiger charge is -2.13. The van der Waals surface area contributed by atoms with E-state index in [2.05, 4.69) is 15.5 Å². The number of thioether (sulfide) groups is 1. The van der Waals surface area contributed by atoms with E-state index in [4.69, 9.17) is 4.74 Å². The summed E-state index contributed by atoms with van der Waals surface area (Å²) in [4.78, 5) is 0. The van der Waals surface area contributed by atoms with Gasteiger partial charge in [-0.2, -0.15) is 4.68 Å². The molecule has 24 heavy (non-hydrogen) atoms. The first-order valence-electron chi connectivity index (χ1n) is 7.44. The Morgan fingerprint density at radius 3 is 2.62 bits per heavy atom. The van der Waals surface area contributed by atoms with E-state index in [-0.39, 0.29) is 11.1 Å². The lowest BCUT2D eigenvalue weighted by atomic mass is 10.2. The number of aromatic nitrogens is 4. The summed E-state index contributed by atoms with van der Waals surface area (Å²) in [5.74, 6) is 0.453. The normalized spacial score (nSPS) is 12.2. The summed E-state index contributed by atoms with van der Waals surface area (Å²) in [7, 11) is 1.62. The molecule has 5 nitrogen and oxygen atoms in total. The van der Waals surface area contributed by atoms with Crippen molar-refractivity contribution in [1.29, 1.82) is 0 Å². The maximum absolute atomic E-state index is 13.1. The molecule has 7 heteroatoms. The maximum atomic E-state index is 13.1. The van der Waals surface area contributed by atoms with Crippen molar-refractivity contribution < 1.29 is 9.13 Å². The molecular weight excluding hydrogens is 327 g/mol. The molecule has 0 saturated carbocycles. The van der Waals surface area contributed by atoms with Gasteiger partial charge in [0.25, 0.3) is 0 Å². The third-order valence-corrected chi connectivity index (χ3v) is 4.72. The summed E-state index contributed by atoms with van der Waals surface area (Å²) in [6, 6.07) is 12.3. The van der Waals surface area contributed by atoms with Crippen molar-refractivity contribution in [1.82, 2.24) is 20.2 Å². The van der Waals surface area contributed by atoms with E-state index in [0.29, 0.717) is 10.9 Å². The Hall–Kier alpha value is -2.41. The van der Waals surface area contributed by atoms with Gasteiger partial charge in [0.05, 0.1) is 7.11 Å². The van der Waals surface area contributed by atoms with Gasteiger partial charge < -0.3 is 4.74 Å². The molecule has 0 fully saturated rings. The predicted octanol–water partition coefficient (Wildman–Crippen LogP) is 3.97. The zero-order chi connectivity index (χ0) is 17.1. The smallest absolute Gasteiger partial charge is 0.214 e. The van der Waals surface area contributed by atoms with E-state index in [1.807, 2.05) is 32.0 Å². The third-order valence-electron chi connectivity index (χ3n) is 3.63. The summed E-state index contributed by atoms with van der Waals surface area (Å²) in [6.07, 6.45) is 0. The van der Waals surface area contributed by atoms with Crippen LogP contribution in [0.5, 0.6) is 5.75 Å². The zero-order valence-electron chi connectivity index (χ0n) is 13.6. The average Bonchev–Trinajstić information content (AvgIpc) is 3.03. The van der Waals surface area contributed by atoms with Crippen LogP contribution < -0.4 is 4.74 Å². The number of tetrazole rings is 1. The first kappa shape index (κ1) is 16.4. The molecule has 0 N–H and O–H groups in total. The Balaban J connectivity index is 1.91. The standard InChI is InChI=1S/C17H17FN4OS/c1-11-4-9-16(23-3)15(10-11)22-17(19-20-21-22)24-12(2)13-5-7-14(18)8-6-13/h4-10,12H,1-3H3. The van der Waals surface area contributed by atoms with E-state index in [9.17, 15) is 4.39 Å². The molecule has 0 radical (unpaired) electrons. The molecule has 1 heterocycles. The molecular formula is C17H17FN4OS. The fourth-order valence-corrected chi connectivity index (χ4v) is 3.26. The Morgan fingerprint density at radius 1 is 1.17 bits per heavy atom. The van der Waals surface area contributed by atoms with Crippen LogP contribution >= 0.6 is 11.8 Å². The number of benzene rings is 2. The molecule has 124 valence electrons. The highest BCUT2D eigenvalue weighted by Crippen LogP contribution is 2.35. The lowest BCUT2D eigenvalue weighted by Crippen LogP contribution is -2.03. The SMILES string of the molecule is COc1ccc(C)cc1-n1nnnc1SC(C)c1ccc(F)cc1. The van der Waals surface area contributed by atoms with Gasteiger partial charge in [-0.25, -0.2) is 4.39 Å². The molecule has 0 aliphatic rings. The van der Waals surface area contributed by atoms with E-state index in [1.54, 1.807) is 23.9 Å². The molecule has 0 bridgehead atoms. The number of hydrogen-bond donors (Lipinski definition) is 0. The van der Waals surface area contributed by atoms with Crippen molar-refractivity contribution >= 4 is 11.8 Å². The highest BCUT2D eigenvalue weighted by Gasteiger charge is 2.17. The molecule has 1 atom stereocenters. The summed E-state index contributed by atoms with van der Waals surface area (Å²) in [5.41, 5.74) is 2.88. The largest absolute Gasteiger partial charge is 0.494 e. The minimum atomic E-state index is -0.245. The van der Waals surface area contributed by atoms with E-state index in [1.165, 1.54) is 23.9 Å². The summed E-state index contributed by atoms with van der Waals surface area (Å²) in [6.45, 7) is 4.03. The minimum absolute atomic E-state index is 0.0751. The van der Waals surface area contributed by atoms with Crippen molar-refractivity contribution in [2.24, 2.45) is 0 Å². The van der Waals surface area contributed by atoms with Crippen LogP contribution in [0, 0.1) is 12.7 Å². The van der Waals surface area contributed by atoms with Gasteiger partial charge >= 0.3 is 0 Å².